The van der Waals surface area contributed by atoms with Crippen molar-refractivity contribution in [2.24, 2.45) is 0 Å². The zero-order valence-corrected chi connectivity index (χ0v) is 7.92. The Morgan fingerprint density at radius 2 is 2.33 bits per heavy atom. The highest BCUT2D eigenvalue weighted by Gasteiger charge is 2.09. The fourth-order valence-electron chi connectivity index (χ4n) is 0.965. The third-order valence-corrected chi connectivity index (χ3v) is 2.31. The van der Waals surface area contributed by atoms with Crippen molar-refractivity contribution >= 4 is 32.8 Å². The minimum Gasteiger partial charge on any atom is -0.438 e. The highest BCUT2D eigenvalue weighted by molar-refractivity contribution is 9.10. The first-order valence-electron chi connectivity index (χ1n) is 3.35. The largest absolute Gasteiger partial charge is 0.438 e. The zero-order valence-electron chi connectivity index (χ0n) is 6.34. The predicted octanol–water partition coefficient (Wildman–Crippen LogP) is 1.88. The fourth-order valence-corrected chi connectivity index (χ4v) is 1.33. The number of anilines is 1. The Morgan fingerprint density at radius 3 is 3.08 bits per heavy atom. The van der Waals surface area contributed by atoms with Crippen molar-refractivity contribution in [2.75, 3.05) is 5.73 Å². The Morgan fingerprint density at radius 1 is 1.58 bits per heavy atom. The van der Waals surface area contributed by atoms with E-state index in [9.17, 15) is 0 Å². The van der Waals surface area contributed by atoms with Crippen LogP contribution in [0.1, 0.15) is 5.89 Å². The highest BCUT2D eigenvalue weighted by atomic mass is 79.9. The van der Waals surface area contributed by atoms with Gasteiger partial charge in [-0.2, -0.15) is 4.98 Å². The lowest BCUT2D eigenvalue weighted by Gasteiger charge is -1.94. The van der Waals surface area contributed by atoms with Crippen molar-refractivity contribution in [1.29, 1.82) is 0 Å². The summed E-state index contributed by atoms with van der Waals surface area (Å²) < 4.78 is 5.99. The van der Waals surface area contributed by atoms with Crippen molar-refractivity contribution in [3.05, 3.63) is 16.6 Å². The third kappa shape index (κ3) is 0.972. The lowest BCUT2D eigenvalue weighted by atomic mass is 10.4. The van der Waals surface area contributed by atoms with E-state index in [0.717, 1.165) is 0 Å². The standard InChI is InChI=1S/C7H6BrN3O/c1-3-11-7-6(12-3)5(8)4(9)2-10-7/h2H,9H2,1H3. The summed E-state index contributed by atoms with van der Waals surface area (Å²) in [7, 11) is 0. The minimum absolute atomic E-state index is 0.554. The summed E-state index contributed by atoms with van der Waals surface area (Å²) in [6.07, 6.45) is 1.55. The maximum atomic E-state index is 5.60. The summed E-state index contributed by atoms with van der Waals surface area (Å²) in [4.78, 5) is 8.05. The van der Waals surface area contributed by atoms with E-state index in [1.54, 1.807) is 13.1 Å². The van der Waals surface area contributed by atoms with Crippen molar-refractivity contribution in [2.45, 2.75) is 6.92 Å². The first-order chi connectivity index (χ1) is 5.68. The molecule has 0 aliphatic carbocycles. The van der Waals surface area contributed by atoms with Crippen molar-refractivity contribution in [3.63, 3.8) is 0 Å². The molecule has 0 unspecified atom stereocenters. The average molecular weight is 228 g/mol. The molecule has 2 N–H and O–H groups in total. The number of aryl methyl sites for hydroxylation is 1. The van der Waals surface area contributed by atoms with Crippen LogP contribution in [0.15, 0.2) is 15.1 Å². The number of pyridine rings is 1. The molecule has 0 spiro atoms. The number of oxazole rings is 1. The molecule has 0 aromatic carbocycles. The Labute approximate surface area is 76.9 Å². The second kappa shape index (κ2) is 2.45. The maximum Gasteiger partial charge on any atom is 0.200 e. The first kappa shape index (κ1) is 7.54. The molecule has 4 nitrogen and oxygen atoms in total. The van der Waals surface area contributed by atoms with Crippen LogP contribution in [0.4, 0.5) is 5.69 Å². The molecule has 2 aromatic rings. The van der Waals surface area contributed by atoms with Crippen LogP contribution in [0.2, 0.25) is 0 Å². The van der Waals surface area contributed by atoms with E-state index in [1.165, 1.54) is 0 Å². The summed E-state index contributed by atoms with van der Waals surface area (Å²) in [5.41, 5.74) is 7.33. The SMILES string of the molecule is Cc1nc2ncc(N)c(Br)c2o1. The Bertz CT molecular complexity index is 437. The minimum atomic E-state index is 0.554. The molecule has 0 saturated heterocycles. The van der Waals surface area contributed by atoms with Crippen LogP contribution in [-0.2, 0) is 0 Å². The van der Waals surface area contributed by atoms with Crippen LogP contribution in [0.5, 0.6) is 0 Å². The van der Waals surface area contributed by atoms with Gasteiger partial charge in [-0.15, -0.1) is 0 Å². The molecule has 0 fully saturated rings. The Hall–Kier alpha value is -1.10. The van der Waals surface area contributed by atoms with Gasteiger partial charge in [0.25, 0.3) is 0 Å². The number of hydrogen-bond donors (Lipinski definition) is 1. The second-order valence-electron chi connectivity index (χ2n) is 2.41. The van der Waals surface area contributed by atoms with Crippen molar-refractivity contribution in [3.8, 4) is 0 Å². The number of hydrogen-bond acceptors (Lipinski definition) is 4. The van der Waals surface area contributed by atoms with Crippen LogP contribution in [-0.4, -0.2) is 9.97 Å². The number of rotatable bonds is 0. The van der Waals surface area contributed by atoms with E-state index >= 15 is 0 Å². The zero-order chi connectivity index (χ0) is 8.72. The lowest BCUT2D eigenvalue weighted by Crippen LogP contribution is -1.88. The quantitative estimate of drug-likeness (QED) is 0.747. The normalized spacial score (nSPS) is 10.8. The summed E-state index contributed by atoms with van der Waals surface area (Å²) in [6, 6.07) is 0. The topological polar surface area (TPSA) is 64.9 Å². The van der Waals surface area contributed by atoms with Gasteiger partial charge in [-0.1, -0.05) is 0 Å². The number of nitrogens with zero attached hydrogens (tertiary/aromatic N) is 2. The molecule has 0 radical (unpaired) electrons. The van der Waals surface area contributed by atoms with Gasteiger partial charge in [0.2, 0.25) is 0 Å². The summed E-state index contributed by atoms with van der Waals surface area (Å²) in [5, 5.41) is 0. The smallest absolute Gasteiger partial charge is 0.200 e. The lowest BCUT2D eigenvalue weighted by molar-refractivity contribution is 0.559. The van der Waals surface area contributed by atoms with Gasteiger partial charge in [-0.05, 0) is 15.9 Å². The monoisotopic (exact) mass is 227 g/mol. The van der Waals surface area contributed by atoms with E-state index in [2.05, 4.69) is 25.9 Å². The molecule has 0 bridgehead atoms. The van der Waals surface area contributed by atoms with Crippen LogP contribution in [0.25, 0.3) is 11.2 Å². The maximum absolute atomic E-state index is 5.60. The van der Waals surface area contributed by atoms with Crippen molar-refractivity contribution in [1.82, 2.24) is 9.97 Å². The van der Waals surface area contributed by atoms with E-state index < -0.39 is 0 Å². The van der Waals surface area contributed by atoms with E-state index in [1.807, 2.05) is 0 Å². The summed E-state index contributed by atoms with van der Waals surface area (Å²) in [5.74, 6) is 0.587. The van der Waals surface area contributed by atoms with Gasteiger partial charge >= 0.3 is 0 Å². The number of halogens is 1. The Kier molecular flexibility index (Phi) is 1.54. The van der Waals surface area contributed by atoms with Gasteiger partial charge in [-0.25, -0.2) is 4.98 Å². The van der Waals surface area contributed by atoms with Gasteiger partial charge in [0.15, 0.2) is 17.1 Å². The van der Waals surface area contributed by atoms with Crippen LogP contribution in [0.3, 0.4) is 0 Å². The molecule has 5 heteroatoms. The molecular formula is C7H6BrN3O. The summed E-state index contributed by atoms with van der Waals surface area (Å²) in [6.45, 7) is 1.77. The van der Waals surface area contributed by atoms with E-state index in [4.69, 9.17) is 10.2 Å². The van der Waals surface area contributed by atoms with Crippen molar-refractivity contribution < 1.29 is 4.42 Å². The highest BCUT2D eigenvalue weighted by Crippen LogP contribution is 2.27. The molecule has 2 aromatic heterocycles. The fraction of sp³-hybridized carbons (Fsp3) is 0.143. The van der Waals surface area contributed by atoms with E-state index in [-0.39, 0.29) is 0 Å². The van der Waals surface area contributed by atoms with Gasteiger partial charge < -0.3 is 10.2 Å². The summed E-state index contributed by atoms with van der Waals surface area (Å²) >= 11 is 3.30. The third-order valence-electron chi connectivity index (χ3n) is 1.49. The van der Waals surface area contributed by atoms with Gasteiger partial charge in [0.1, 0.15) is 0 Å². The molecule has 0 saturated carbocycles. The van der Waals surface area contributed by atoms with Crippen LogP contribution < -0.4 is 5.73 Å². The van der Waals surface area contributed by atoms with Gasteiger partial charge in [0, 0.05) is 6.92 Å². The molecule has 2 rings (SSSR count). The number of nitrogens with two attached hydrogens (primary N) is 1. The van der Waals surface area contributed by atoms with Gasteiger partial charge in [0.05, 0.1) is 16.4 Å². The van der Waals surface area contributed by atoms with E-state index in [0.29, 0.717) is 27.3 Å². The van der Waals surface area contributed by atoms with Crippen LogP contribution in [0, 0.1) is 6.92 Å². The molecule has 0 aliphatic rings. The predicted molar refractivity (Wildman–Crippen MR) is 48.7 cm³/mol. The molecule has 0 aliphatic heterocycles. The van der Waals surface area contributed by atoms with Gasteiger partial charge in [-0.3, -0.25) is 0 Å². The Balaban J connectivity index is 2.89. The second-order valence-corrected chi connectivity index (χ2v) is 3.21. The first-order valence-corrected chi connectivity index (χ1v) is 4.15. The molecule has 0 atom stereocenters. The molecule has 2 heterocycles. The van der Waals surface area contributed by atoms with Crippen LogP contribution >= 0.6 is 15.9 Å². The average Bonchev–Trinajstić information content (AvgIpc) is 2.39. The molecular weight excluding hydrogens is 222 g/mol. The molecule has 0 amide bonds. The number of fused-ring (bicyclic) bond motifs is 1. The molecule has 12 heavy (non-hydrogen) atoms. The number of aromatic nitrogens is 2. The molecule has 62 valence electrons. The number of nitrogen functional groups attached to an aromatic ring is 1.